The van der Waals surface area contributed by atoms with E-state index in [0.717, 1.165) is 35.7 Å². The Morgan fingerprint density at radius 2 is 1.62 bits per heavy atom. The molecule has 4 aliphatic rings. The van der Waals surface area contributed by atoms with E-state index in [-0.39, 0.29) is 36.2 Å². The predicted molar refractivity (Wildman–Crippen MR) is 156 cm³/mol. The molecule has 2 aliphatic heterocycles. The summed E-state index contributed by atoms with van der Waals surface area (Å²) >= 11 is 0. The van der Waals surface area contributed by atoms with E-state index in [9.17, 15) is 14.7 Å². The fraction of sp³-hybridized carbons (Fsp3) is 0.688. The molecule has 8 nitrogen and oxygen atoms in total. The highest BCUT2D eigenvalue weighted by Gasteiger charge is 2.45. The lowest BCUT2D eigenvalue weighted by atomic mass is 9.68. The molecule has 4 fully saturated rings. The number of oxime groups is 1. The summed E-state index contributed by atoms with van der Waals surface area (Å²) in [5, 5.41) is 13.6. The number of piperidine rings is 2. The van der Waals surface area contributed by atoms with Gasteiger partial charge in [-0.3, -0.25) is 14.5 Å². The Morgan fingerprint density at radius 3 is 2.30 bits per heavy atom. The number of carboxylic acid groups (broad SMARTS) is 1. The minimum Gasteiger partial charge on any atom is -0.481 e. The lowest BCUT2D eigenvalue weighted by molar-refractivity contribution is -0.136. The largest absolute Gasteiger partial charge is 0.481 e. The number of aromatic nitrogens is 2. The zero-order valence-electron chi connectivity index (χ0n) is 24.0. The van der Waals surface area contributed by atoms with Crippen molar-refractivity contribution >= 4 is 22.7 Å². The van der Waals surface area contributed by atoms with Gasteiger partial charge in [0.05, 0.1) is 17.5 Å². The van der Waals surface area contributed by atoms with Gasteiger partial charge < -0.3 is 14.5 Å². The lowest BCUT2D eigenvalue weighted by Gasteiger charge is -2.55. The quantitative estimate of drug-likeness (QED) is 0.325. The first-order valence-corrected chi connectivity index (χ1v) is 15.6. The molecule has 6 rings (SSSR count). The molecule has 0 radical (unpaired) electrons. The van der Waals surface area contributed by atoms with E-state index in [1.807, 2.05) is 42.7 Å². The number of para-hydroxylation sites is 2. The van der Waals surface area contributed by atoms with Crippen molar-refractivity contribution in [2.45, 2.75) is 128 Å². The van der Waals surface area contributed by atoms with Crippen molar-refractivity contribution in [1.82, 2.24) is 14.5 Å². The van der Waals surface area contributed by atoms with Crippen molar-refractivity contribution in [2.24, 2.45) is 17.0 Å². The van der Waals surface area contributed by atoms with Crippen molar-refractivity contribution in [3.63, 3.8) is 0 Å². The molecule has 3 heterocycles. The highest BCUT2D eigenvalue weighted by molar-refractivity contribution is 6.00. The Morgan fingerprint density at radius 1 is 0.950 bits per heavy atom. The number of carbonyl (C=O) groups is 1. The van der Waals surface area contributed by atoms with Gasteiger partial charge in [-0.1, -0.05) is 43.0 Å². The summed E-state index contributed by atoms with van der Waals surface area (Å²) in [6, 6.07) is 9.63. The third-order valence-corrected chi connectivity index (χ3v) is 9.91. The fourth-order valence-electron chi connectivity index (χ4n) is 8.44. The molecule has 4 unspecified atom stereocenters. The van der Waals surface area contributed by atoms with Gasteiger partial charge in [-0.15, -0.1) is 0 Å². The molecule has 2 aliphatic carbocycles. The monoisotopic (exact) mass is 548 g/mol. The van der Waals surface area contributed by atoms with Crippen molar-refractivity contribution < 1.29 is 14.7 Å². The zero-order valence-corrected chi connectivity index (χ0v) is 24.0. The highest BCUT2D eigenvalue weighted by atomic mass is 16.6. The predicted octanol–water partition coefficient (Wildman–Crippen LogP) is 5.92. The number of nitrogens with zero attached hydrogens (tertiary/aromatic N) is 4. The van der Waals surface area contributed by atoms with Gasteiger partial charge in [-0.2, -0.15) is 0 Å². The molecule has 40 heavy (non-hydrogen) atoms. The first kappa shape index (κ1) is 27.4. The van der Waals surface area contributed by atoms with Gasteiger partial charge in [0.15, 0.2) is 5.69 Å². The second kappa shape index (κ2) is 11.6. The molecule has 1 aromatic carbocycles. The van der Waals surface area contributed by atoms with E-state index in [1.165, 1.54) is 57.8 Å². The Balaban J connectivity index is 1.35. The second-order valence-electron chi connectivity index (χ2n) is 13.0. The fourth-order valence-corrected chi connectivity index (χ4v) is 8.44. The third-order valence-electron chi connectivity index (χ3n) is 9.91. The molecule has 4 bridgehead atoms. The summed E-state index contributed by atoms with van der Waals surface area (Å²) in [5.41, 5.74) is 1.93. The first-order chi connectivity index (χ1) is 19.4. The van der Waals surface area contributed by atoms with Crippen molar-refractivity contribution in [1.29, 1.82) is 0 Å². The Kier molecular flexibility index (Phi) is 7.98. The van der Waals surface area contributed by atoms with E-state index in [0.29, 0.717) is 23.8 Å². The van der Waals surface area contributed by atoms with Crippen LogP contribution in [0.4, 0.5) is 0 Å². The number of hydrogen-bond donors (Lipinski definition) is 1. The van der Waals surface area contributed by atoms with Gasteiger partial charge in [-0.25, -0.2) is 4.98 Å². The summed E-state index contributed by atoms with van der Waals surface area (Å²) < 4.78 is 1.97. The van der Waals surface area contributed by atoms with Gasteiger partial charge in [0.25, 0.3) is 5.56 Å². The average molecular weight is 549 g/mol. The number of aliphatic carboxylic acids is 1. The van der Waals surface area contributed by atoms with Crippen LogP contribution in [0.15, 0.2) is 34.2 Å². The van der Waals surface area contributed by atoms with E-state index >= 15 is 0 Å². The van der Waals surface area contributed by atoms with Crippen molar-refractivity contribution in [3.8, 4) is 0 Å². The molecule has 2 saturated heterocycles. The summed E-state index contributed by atoms with van der Waals surface area (Å²) in [5.74, 6) is 0.870. The summed E-state index contributed by atoms with van der Waals surface area (Å²) in [4.78, 5) is 38.8. The minimum absolute atomic E-state index is 0.0838. The van der Waals surface area contributed by atoms with Gasteiger partial charge in [0.1, 0.15) is 11.8 Å². The van der Waals surface area contributed by atoms with Crippen LogP contribution in [0.3, 0.4) is 0 Å². The SMILES string of the molecule is CC(C)ON=C(CCC(=O)O)c1nc2ccccc2n(C2CC3CCCC(C2)N3C2CC3CCCC(C3)C2)c1=O. The van der Waals surface area contributed by atoms with Crippen LogP contribution in [-0.2, 0) is 9.63 Å². The average Bonchev–Trinajstić information content (AvgIpc) is 2.92. The van der Waals surface area contributed by atoms with Crippen molar-refractivity contribution in [2.75, 3.05) is 0 Å². The Hall–Kier alpha value is -2.74. The molecular weight excluding hydrogens is 504 g/mol. The van der Waals surface area contributed by atoms with Crippen LogP contribution in [0, 0.1) is 11.8 Å². The number of fused-ring (bicyclic) bond motifs is 5. The summed E-state index contributed by atoms with van der Waals surface area (Å²) in [7, 11) is 0. The van der Waals surface area contributed by atoms with Gasteiger partial charge in [0.2, 0.25) is 0 Å². The molecule has 4 atom stereocenters. The van der Waals surface area contributed by atoms with Crippen LogP contribution in [0.25, 0.3) is 11.0 Å². The maximum atomic E-state index is 14.3. The number of benzene rings is 1. The Labute approximate surface area is 236 Å². The van der Waals surface area contributed by atoms with E-state index < -0.39 is 5.97 Å². The molecule has 2 aromatic rings. The van der Waals surface area contributed by atoms with Gasteiger partial charge in [-0.05, 0) is 82.8 Å². The van der Waals surface area contributed by atoms with Crippen LogP contribution in [0.2, 0.25) is 0 Å². The molecule has 2 saturated carbocycles. The highest BCUT2D eigenvalue weighted by Crippen LogP contribution is 2.47. The Bertz CT molecular complexity index is 1290. The second-order valence-corrected chi connectivity index (χ2v) is 13.0. The van der Waals surface area contributed by atoms with Crippen LogP contribution < -0.4 is 5.56 Å². The van der Waals surface area contributed by atoms with E-state index in [2.05, 4.69) is 10.1 Å². The summed E-state index contributed by atoms with van der Waals surface area (Å²) in [6.45, 7) is 3.72. The van der Waals surface area contributed by atoms with Gasteiger partial charge >= 0.3 is 5.97 Å². The van der Waals surface area contributed by atoms with Gasteiger partial charge in [0, 0.05) is 30.6 Å². The van der Waals surface area contributed by atoms with E-state index in [1.54, 1.807) is 0 Å². The lowest BCUT2D eigenvalue weighted by Crippen LogP contribution is -2.58. The zero-order chi connectivity index (χ0) is 27.8. The first-order valence-electron chi connectivity index (χ1n) is 15.6. The van der Waals surface area contributed by atoms with E-state index in [4.69, 9.17) is 9.82 Å². The van der Waals surface area contributed by atoms with Crippen LogP contribution in [0.5, 0.6) is 0 Å². The van der Waals surface area contributed by atoms with Crippen LogP contribution in [-0.4, -0.2) is 55.5 Å². The molecule has 216 valence electrons. The topological polar surface area (TPSA) is 97.0 Å². The molecule has 1 aromatic heterocycles. The normalized spacial score (nSPS) is 30.9. The number of hydrogen-bond acceptors (Lipinski definition) is 6. The maximum Gasteiger partial charge on any atom is 0.303 e. The molecule has 0 spiro atoms. The standard InChI is InChI=1S/C32H44N4O4/c1-20(2)40-34-28(13-14-30(37)38)31-32(39)36(29-12-4-3-11-27(29)33-31)26-18-23-9-6-10-24(19-26)35(23)25-16-21-7-5-8-22(15-21)17-25/h3-4,11-12,20-26H,5-10,13-19H2,1-2H3,(H,37,38). The number of carboxylic acids is 1. The summed E-state index contributed by atoms with van der Waals surface area (Å²) in [6.07, 6.45) is 13.8. The minimum atomic E-state index is -0.939. The number of rotatable bonds is 8. The van der Waals surface area contributed by atoms with Crippen LogP contribution >= 0.6 is 0 Å². The van der Waals surface area contributed by atoms with Crippen LogP contribution in [0.1, 0.15) is 109 Å². The molecule has 8 heteroatoms. The molecular formula is C32H44N4O4. The molecule has 1 N–H and O–H groups in total. The third kappa shape index (κ3) is 5.56. The maximum absolute atomic E-state index is 14.3. The van der Waals surface area contributed by atoms with Crippen molar-refractivity contribution in [3.05, 3.63) is 40.3 Å². The molecule has 0 amide bonds. The smallest absolute Gasteiger partial charge is 0.303 e.